The third kappa shape index (κ3) is 3.59. The molecular weight excluding hydrogens is 272 g/mol. The smallest absolute Gasteiger partial charge is 0.335 e. The fraction of sp³-hybridized carbons (Fsp3) is 0.462. The maximum Gasteiger partial charge on any atom is 0.335 e. The van der Waals surface area contributed by atoms with E-state index in [1.165, 1.54) is 6.42 Å². The molecule has 1 unspecified atom stereocenters. The minimum Gasteiger partial charge on any atom is -0.478 e. The Morgan fingerprint density at radius 3 is 2.58 bits per heavy atom. The average molecular weight is 287 g/mol. The minimum atomic E-state index is -1.34. The lowest BCUT2D eigenvalue weighted by atomic mass is 10.1. The van der Waals surface area contributed by atoms with E-state index in [-0.39, 0.29) is 11.3 Å². The molecule has 0 spiro atoms. The molecule has 1 heterocycles. The third-order valence-electron chi connectivity index (χ3n) is 3.07. The number of carboxylic acids is 1. The first kappa shape index (κ1) is 14.1. The molecule has 1 fully saturated rings. The number of carbonyl (C=O) groups is 1. The van der Waals surface area contributed by atoms with Crippen LogP contribution in [-0.4, -0.2) is 28.6 Å². The van der Waals surface area contributed by atoms with Crippen molar-refractivity contribution in [1.29, 1.82) is 0 Å². The monoisotopic (exact) mass is 287 g/mol. The van der Waals surface area contributed by atoms with Crippen molar-refractivity contribution in [2.75, 3.05) is 17.6 Å². The molecule has 0 aromatic heterocycles. The molecule has 104 valence electrons. The van der Waals surface area contributed by atoms with Crippen molar-refractivity contribution in [2.24, 2.45) is 0 Å². The molecule has 0 amide bonds. The molecule has 6 heteroatoms. The number of aromatic carboxylic acids is 1. The summed E-state index contributed by atoms with van der Waals surface area (Å²) in [6.07, 6.45) is 3.37. The molecule has 0 aliphatic carbocycles. The average Bonchev–Trinajstić information content (AvgIpc) is 2.38. The van der Waals surface area contributed by atoms with Gasteiger partial charge in [-0.1, -0.05) is 6.42 Å². The Balaban J connectivity index is 2.05. The van der Waals surface area contributed by atoms with Gasteiger partial charge in [0.1, 0.15) is 17.3 Å². The van der Waals surface area contributed by atoms with Crippen LogP contribution in [0.25, 0.3) is 0 Å². The highest BCUT2D eigenvalue weighted by Gasteiger charge is 2.17. The molecule has 1 aliphatic heterocycles. The molecule has 19 heavy (non-hydrogen) atoms. The zero-order valence-electron chi connectivity index (χ0n) is 10.3. The topological polar surface area (TPSA) is 49.3 Å². The Morgan fingerprint density at radius 1 is 1.37 bits per heavy atom. The van der Waals surface area contributed by atoms with Crippen LogP contribution in [-0.2, 0) is 0 Å². The quantitative estimate of drug-likeness (QED) is 0.891. The first-order valence-electron chi connectivity index (χ1n) is 6.15. The van der Waals surface area contributed by atoms with E-state index in [9.17, 15) is 13.6 Å². The number of hydrogen-bond acceptors (Lipinski definition) is 3. The molecule has 0 saturated carbocycles. The zero-order valence-corrected chi connectivity index (χ0v) is 11.1. The number of carboxylic acid groups (broad SMARTS) is 1. The fourth-order valence-corrected chi connectivity index (χ4v) is 3.29. The van der Waals surface area contributed by atoms with Gasteiger partial charge in [-0.25, -0.2) is 13.6 Å². The molecule has 1 saturated heterocycles. The van der Waals surface area contributed by atoms with Gasteiger partial charge in [-0.3, -0.25) is 0 Å². The van der Waals surface area contributed by atoms with Crippen LogP contribution < -0.4 is 5.32 Å². The number of halogens is 2. The van der Waals surface area contributed by atoms with Crippen molar-refractivity contribution in [3.63, 3.8) is 0 Å². The normalized spacial score (nSPS) is 19.2. The van der Waals surface area contributed by atoms with Gasteiger partial charge in [-0.15, -0.1) is 0 Å². The Kier molecular flexibility index (Phi) is 4.63. The van der Waals surface area contributed by atoms with Crippen molar-refractivity contribution >= 4 is 23.4 Å². The summed E-state index contributed by atoms with van der Waals surface area (Å²) in [7, 11) is 0. The SMILES string of the molecule is O=C(O)c1cc(F)c(NCC2CCCCS2)c(F)c1. The van der Waals surface area contributed by atoms with Crippen molar-refractivity contribution in [2.45, 2.75) is 24.5 Å². The number of thioether (sulfide) groups is 1. The Labute approximate surface area is 114 Å². The predicted octanol–water partition coefficient (Wildman–Crippen LogP) is 3.36. The molecule has 2 N–H and O–H groups in total. The highest BCUT2D eigenvalue weighted by Crippen LogP contribution is 2.27. The second-order valence-corrected chi connectivity index (χ2v) is 5.90. The van der Waals surface area contributed by atoms with E-state index < -0.39 is 17.6 Å². The fourth-order valence-electron chi connectivity index (χ4n) is 2.05. The highest BCUT2D eigenvalue weighted by molar-refractivity contribution is 7.99. The Bertz CT molecular complexity index is 453. The summed E-state index contributed by atoms with van der Waals surface area (Å²) in [5, 5.41) is 11.8. The predicted molar refractivity (Wildman–Crippen MR) is 71.9 cm³/mol. The van der Waals surface area contributed by atoms with Crippen LogP contribution in [0.3, 0.4) is 0 Å². The summed E-state index contributed by atoms with van der Waals surface area (Å²) >= 11 is 1.80. The lowest BCUT2D eigenvalue weighted by molar-refractivity contribution is 0.0696. The molecule has 1 aromatic carbocycles. The van der Waals surface area contributed by atoms with Crippen molar-refractivity contribution < 1.29 is 18.7 Å². The minimum absolute atomic E-state index is 0.240. The summed E-state index contributed by atoms with van der Waals surface area (Å²) in [6, 6.07) is 1.67. The van der Waals surface area contributed by atoms with Gasteiger partial charge >= 0.3 is 5.97 Å². The molecule has 2 rings (SSSR count). The van der Waals surface area contributed by atoms with E-state index >= 15 is 0 Å². The first-order chi connectivity index (χ1) is 9.08. The van der Waals surface area contributed by atoms with Gasteiger partial charge in [-0.2, -0.15) is 11.8 Å². The van der Waals surface area contributed by atoms with Crippen molar-refractivity contribution in [1.82, 2.24) is 0 Å². The van der Waals surface area contributed by atoms with Crippen molar-refractivity contribution in [3.8, 4) is 0 Å². The van der Waals surface area contributed by atoms with Crippen LogP contribution in [0.4, 0.5) is 14.5 Å². The van der Waals surface area contributed by atoms with E-state index in [1.54, 1.807) is 11.8 Å². The van der Waals surface area contributed by atoms with Gasteiger partial charge in [0.25, 0.3) is 0 Å². The summed E-state index contributed by atoms with van der Waals surface area (Å²) in [6.45, 7) is 0.491. The lowest BCUT2D eigenvalue weighted by Crippen LogP contribution is -2.21. The summed E-state index contributed by atoms with van der Waals surface area (Å²) in [4.78, 5) is 10.7. The highest BCUT2D eigenvalue weighted by atomic mass is 32.2. The van der Waals surface area contributed by atoms with Gasteiger partial charge in [0.15, 0.2) is 0 Å². The first-order valence-corrected chi connectivity index (χ1v) is 7.20. The van der Waals surface area contributed by atoms with E-state index in [0.29, 0.717) is 11.8 Å². The molecule has 1 atom stereocenters. The maximum absolute atomic E-state index is 13.7. The number of anilines is 1. The van der Waals surface area contributed by atoms with E-state index in [0.717, 1.165) is 30.7 Å². The van der Waals surface area contributed by atoms with Gasteiger partial charge in [0.05, 0.1) is 5.56 Å². The molecule has 0 bridgehead atoms. The number of nitrogens with one attached hydrogen (secondary N) is 1. The lowest BCUT2D eigenvalue weighted by Gasteiger charge is -2.22. The second-order valence-electron chi connectivity index (χ2n) is 4.49. The maximum atomic E-state index is 13.7. The van der Waals surface area contributed by atoms with Gasteiger partial charge < -0.3 is 10.4 Å². The van der Waals surface area contributed by atoms with Gasteiger partial charge in [0, 0.05) is 11.8 Å². The summed E-state index contributed by atoms with van der Waals surface area (Å²) in [5.41, 5.74) is -0.622. The molecule has 1 aromatic rings. The molecule has 0 radical (unpaired) electrons. The van der Waals surface area contributed by atoms with Crippen LogP contribution in [0, 0.1) is 11.6 Å². The summed E-state index contributed by atoms with van der Waals surface area (Å²) in [5.74, 6) is -1.99. The third-order valence-corrected chi connectivity index (χ3v) is 4.47. The number of rotatable bonds is 4. The van der Waals surface area contributed by atoms with Crippen LogP contribution in [0.15, 0.2) is 12.1 Å². The van der Waals surface area contributed by atoms with E-state index in [4.69, 9.17) is 5.11 Å². The Hall–Kier alpha value is -1.30. The largest absolute Gasteiger partial charge is 0.478 e. The molecule has 3 nitrogen and oxygen atoms in total. The van der Waals surface area contributed by atoms with Gasteiger partial charge in [-0.05, 0) is 30.7 Å². The Morgan fingerprint density at radius 2 is 2.05 bits per heavy atom. The standard InChI is InChI=1S/C13H15F2NO2S/c14-10-5-8(13(17)18)6-11(15)12(10)16-7-9-3-1-2-4-19-9/h5-6,9,16H,1-4,7H2,(H,17,18). The van der Waals surface area contributed by atoms with Crippen LogP contribution >= 0.6 is 11.8 Å². The van der Waals surface area contributed by atoms with Crippen LogP contribution in [0.5, 0.6) is 0 Å². The second kappa shape index (κ2) is 6.23. The molecular formula is C13H15F2NO2S. The summed E-state index contributed by atoms with van der Waals surface area (Å²) < 4.78 is 27.3. The van der Waals surface area contributed by atoms with Crippen LogP contribution in [0.2, 0.25) is 0 Å². The molecule has 1 aliphatic rings. The van der Waals surface area contributed by atoms with Crippen LogP contribution in [0.1, 0.15) is 29.6 Å². The van der Waals surface area contributed by atoms with E-state index in [1.807, 2.05) is 0 Å². The van der Waals surface area contributed by atoms with Gasteiger partial charge in [0.2, 0.25) is 0 Å². The van der Waals surface area contributed by atoms with E-state index in [2.05, 4.69) is 5.32 Å². The number of benzene rings is 1. The van der Waals surface area contributed by atoms with Crippen molar-refractivity contribution in [3.05, 3.63) is 29.3 Å². The number of hydrogen-bond donors (Lipinski definition) is 2. The zero-order chi connectivity index (χ0) is 13.8.